The van der Waals surface area contributed by atoms with Crippen molar-refractivity contribution in [2.24, 2.45) is 0 Å². The zero-order valence-electron chi connectivity index (χ0n) is 36.1. The second-order valence-electron chi connectivity index (χ2n) is 16.3. The number of nitrogens with one attached hydrogen (secondary N) is 1. The average Bonchev–Trinajstić information content (AvgIpc) is 3.18. The van der Waals surface area contributed by atoms with E-state index in [-0.39, 0.29) is 12.5 Å². The SMILES string of the molecule is CCCCCCCC/C=C/CC/C=C/CCCC(O)C(O)C(CO)NC(=O)CCCCCCCCCCC/C=C\CCCCCCCCCCCCCC. The number of allylic oxidation sites excluding steroid dienone is 6. The summed E-state index contributed by atoms with van der Waals surface area (Å²) in [4.78, 5) is 12.4. The van der Waals surface area contributed by atoms with Crippen LogP contribution >= 0.6 is 0 Å². The Morgan fingerprint density at radius 2 is 0.759 bits per heavy atom. The molecule has 54 heavy (non-hydrogen) atoms. The number of unbranched alkanes of at least 4 members (excludes halogenated alkanes) is 29. The third-order valence-corrected chi connectivity index (χ3v) is 10.9. The molecule has 0 heterocycles. The predicted molar refractivity (Wildman–Crippen MR) is 236 cm³/mol. The Hall–Kier alpha value is -1.43. The molecule has 0 aliphatic carbocycles. The van der Waals surface area contributed by atoms with Crippen molar-refractivity contribution in [1.82, 2.24) is 5.32 Å². The Balaban J connectivity index is 3.62. The van der Waals surface area contributed by atoms with Crippen molar-refractivity contribution in [2.45, 2.75) is 263 Å². The maximum Gasteiger partial charge on any atom is 0.220 e. The van der Waals surface area contributed by atoms with Gasteiger partial charge in [-0.3, -0.25) is 4.79 Å². The van der Waals surface area contributed by atoms with Crippen molar-refractivity contribution < 1.29 is 20.1 Å². The van der Waals surface area contributed by atoms with Crippen LogP contribution in [0.1, 0.15) is 245 Å². The van der Waals surface area contributed by atoms with Crippen molar-refractivity contribution >= 4 is 5.91 Å². The molecule has 1 amide bonds. The second kappa shape index (κ2) is 44.3. The van der Waals surface area contributed by atoms with Gasteiger partial charge in [0.15, 0.2) is 0 Å². The van der Waals surface area contributed by atoms with Crippen LogP contribution in [0.25, 0.3) is 0 Å². The summed E-state index contributed by atoms with van der Waals surface area (Å²) in [7, 11) is 0. The zero-order valence-corrected chi connectivity index (χ0v) is 36.1. The first-order chi connectivity index (χ1) is 26.6. The van der Waals surface area contributed by atoms with Gasteiger partial charge in [0.2, 0.25) is 5.91 Å². The molecule has 0 rings (SSSR count). The summed E-state index contributed by atoms with van der Waals surface area (Å²) in [5.74, 6) is -0.160. The number of hydrogen-bond acceptors (Lipinski definition) is 4. The number of amides is 1. The Labute approximate surface area is 336 Å². The summed E-state index contributed by atoms with van der Waals surface area (Å²) in [6.07, 6.45) is 55.5. The molecule has 0 aliphatic heterocycles. The highest BCUT2D eigenvalue weighted by molar-refractivity contribution is 5.76. The van der Waals surface area contributed by atoms with Gasteiger partial charge in [-0.1, -0.05) is 198 Å². The lowest BCUT2D eigenvalue weighted by atomic mass is 10.0. The van der Waals surface area contributed by atoms with Gasteiger partial charge >= 0.3 is 0 Å². The van der Waals surface area contributed by atoms with E-state index in [9.17, 15) is 20.1 Å². The van der Waals surface area contributed by atoms with Crippen LogP contribution in [0.4, 0.5) is 0 Å². The zero-order chi connectivity index (χ0) is 39.4. The highest BCUT2D eigenvalue weighted by Crippen LogP contribution is 2.15. The molecule has 0 aromatic carbocycles. The lowest BCUT2D eigenvalue weighted by Crippen LogP contribution is -2.50. The molecule has 0 fully saturated rings. The van der Waals surface area contributed by atoms with Crippen molar-refractivity contribution in [1.29, 1.82) is 0 Å². The number of hydrogen-bond donors (Lipinski definition) is 4. The quantitative estimate of drug-likeness (QED) is 0.0368. The van der Waals surface area contributed by atoms with Crippen LogP contribution in [0, 0.1) is 0 Å². The van der Waals surface area contributed by atoms with Crippen LogP contribution in [0.15, 0.2) is 36.5 Å². The monoisotopic (exact) mass is 760 g/mol. The van der Waals surface area contributed by atoms with Crippen LogP contribution in [0.3, 0.4) is 0 Å². The summed E-state index contributed by atoms with van der Waals surface area (Å²) in [5, 5.41) is 33.5. The number of carbonyl (C=O) groups is 1. The molecule has 3 unspecified atom stereocenters. The van der Waals surface area contributed by atoms with E-state index >= 15 is 0 Å². The fraction of sp³-hybridized carbons (Fsp3) is 0.857. The molecule has 0 saturated carbocycles. The average molecular weight is 760 g/mol. The van der Waals surface area contributed by atoms with Crippen molar-refractivity contribution in [2.75, 3.05) is 6.61 Å². The fourth-order valence-corrected chi connectivity index (χ4v) is 7.23. The summed E-state index contributed by atoms with van der Waals surface area (Å²) in [6, 6.07) is -0.833. The Morgan fingerprint density at radius 3 is 1.13 bits per heavy atom. The fourth-order valence-electron chi connectivity index (χ4n) is 7.23. The second-order valence-corrected chi connectivity index (χ2v) is 16.3. The molecule has 0 aliphatic rings. The van der Waals surface area contributed by atoms with Crippen molar-refractivity contribution in [3.8, 4) is 0 Å². The molecule has 318 valence electrons. The predicted octanol–water partition coefficient (Wildman–Crippen LogP) is 13.9. The highest BCUT2D eigenvalue weighted by atomic mass is 16.3. The van der Waals surface area contributed by atoms with E-state index in [0.29, 0.717) is 12.8 Å². The first kappa shape index (κ1) is 52.6. The van der Waals surface area contributed by atoms with Crippen molar-refractivity contribution in [3.05, 3.63) is 36.5 Å². The van der Waals surface area contributed by atoms with E-state index in [0.717, 1.165) is 44.9 Å². The number of aliphatic hydroxyl groups is 3. The molecular weight excluding hydrogens is 667 g/mol. The largest absolute Gasteiger partial charge is 0.394 e. The minimum Gasteiger partial charge on any atom is -0.394 e. The maximum absolute atomic E-state index is 12.4. The van der Waals surface area contributed by atoms with Gasteiger partial charge in [-0.15, -0.1) is 0 Å². The summed E-state index contributed by atoms with van der Waals surface area (Å²) in [6.45, 7) is 4.16. The van der Waals surface area contributed by atoms with E-state index in [1.807, 2.05) is 0 Å². The molecule has 5 heteroatoms. The van der Waals surface area contributed by atoms with E-state index in [4.69, 9.17) is 0 Å². The Morgan fingerprint density at radius 1 is 0.444 bits per heavy atom. The third-order valence-electron chi connectivity index (χ3n) is 10.9. The van der Waals surface area contributed by atoms with Gasteiger partial charge in [-0.25, -0.2) is 0 Å². The van der Waals surface area contributed by atoms with Crippen molar-refractivity contribution in [3.63, 3.8) is 0 Å². The van der Waals surface area contributed by atoms with E-state index < -0.39 is 18.2 Å². The van der Waals surface area contributed by atoms with Gasteiger partial charge in [0.1, 0.15) is 6.10 Å². The molecule has 0 aromatic heterocycles. The van der Waals surface area contributed by atoms with Gasteiger partial charge in [0.05, 0.1) is 18.8 Å². The number of carbonyl (C=O) groups excluding carboxylic acids is 1. The van der Waals surface area contributed by atoms with Gasteiger partial charge in [0, 0.05) is 6.42 Å². The minimum absolute atomic E-state index is 0.160. The first-order valence-electron chi connectivity index (χ1n) is 23.8. The molecular formula is C49H93NO4. The number of rotatable bonds is 43. The van der Waals surface area contributed by atoms with Crippen LogP contribution < -0.4 is 5.32 Å². The van der Waals surface area contributed by atoms with Gasteiger partial charge in [-0.05, 0) is 77.0 Å². The number of aliphatic hydroxyl groups excluding tert-OH is 3. The topological polar surface area (TPSA) is 89.8 Å². The lowest BCUT2D eigenvalue weighted by Gasteiger charge is -2.26. The molecule has 0 saturated heterocycles. The summed E-state index contributed by atoms with van der Waals surface area (Å²) >= 11 is 0. The van der Waals surface area contributed by atoms with Crippen LogP contribution in [0.5, 0.6) is 0 Å². The van der Waals surface area contributed by atoms with Gasteiger partial charge < -0.3 is 20.6 Å². The first-order valence-corrected chi connectivity index (χ1v) is 23.8. The van der Waals surface area contributed by atoms with Gasteiger partial charge in [0.25, 0.3) is 0 Å². The molecule has 5 nitrogen and oxygen atoms in total. The van der Waals surface area contributed by atoms with Crippen LogP contribution in [0.2, 0.25) is 0 Å². The third kappa shape index (κ3) is 38.8. The minimum atomic E-state index is -1.17. The maximum atomic E-state index is 12.4. The Kier molecular flexibility index (Phi) is 43.1. The van der Waals surface area contributed by atoms with E-state index in [1.54, 1.807) is 0 Å². The van der Waals surface area contributed by atoms with E-state index in [1.165, 1.54) is 173 Å². The summed E-state index contributed by atoms with van der Waals surface area (Å²) < 4.78 is 0. The van der Waals surface area contributed by atoms with Crippen LogP contribution in [-0.2, 0) is 4.79 Å². The highest BCUT2D eigenvalue weighted by Gasteiger charge is 2.26. The standard InChI is InChI=1S/C49H93NO4/c1-3-5-7-9-11-13-15-17-19-20-21-22-23-24-25-26-27-28-30-32-34-36-38-40-42-44-48(53)50-46(45-51)49(54)47(52)43-41-39-37-35-33-31-29-18-16-14-12-10-8-6-4-2/h18,24-25,29,35,37,46-47,49,51-52,54H,3-17,19-23,26-28,30-34,36,38-45H2,1-2H3,(H,50,53)/b25-24-,29-18+,37-35+. The molecule has 3 atom stereocenters. The molecule has 0 bridgehead atoms. The van der Waals surface area contributed by atoms with Crippen LogP contribution in [-0.4, -0.2) is 46.1 Å². The molecule has 0 aromatic rings. The Bertz CT molecular complexity index is 840. The normalized spacial score (nSPS) is 13.8. The van der Waals surface area contributed by atoms with E-state index in [2.05, 4.69) is 55.6 Å². The molecule has 0 spiro atoms. The van der Waals surface area contributed by atoms with Gasteiger partial charge in [-0.2, -0.15) is 0 Å². The smallest absolute Gasteiger partial charge is 0.220 e. The lowest BCUT2D eigenvalue weighted by molar-refractivity contribution is -0.124. The summed E-state index contributed by atoms with van der Waals surface area (Å²) in [5.41, 5.74) is 0. The molecule has 4 N–H and O–H groups in total. The molecule has 0 radical (unpaired) electrons.